The molecule has 1 unspecified atom stereocenters. The van der Waals surface area contributed by atoms with Crippen LogP contribution in [-0.2, 0) is 24.7 Å². The van der Waals surface area contributed by atoms with Crippen molar-refractivity contribution in [3.05, 3.63) is 35.9 Å². The highest BCUT2D eigenvalue weighted by molar-refractivity contribution is 5.94. The molecule has 6 heteroatoms. The van der Waals surface area contributed by atoms with Crippen LogP contribution >= 0.6 is 0 Å². The number of anilines is 1. The van der Waals surface area contributed by atoms with Crippen molar-refractivity contribution >= 4 is 11.6 Å². The molecule has 0 aliphatic heterocycles. The summed E-state index contributed by atoms with van der Waals surface area (Å²) < 4.78 is 1.78. The molecule has 0 spiro atoms. The molecule has 2 heterocycles. The van der Waals surface area contributed by atoms with E-state index in [1.54, 1.807) is 29.0 Å². The van der Waals surface area contributed by atoms with E-state index >= 15 is 0 Å². The zero-order valence-corrected chi connectivity index (χ0v) is 11.7. The Labute approximate surface area is 117 Å². The Bertz CT molecular complexity index is 622. The molecule has 0 radical (unpaired) electrons. The fraction of sp³-hybridized carbons (Fsp3) is 0.429. The fourth-order valence-electron chi connectivity index (χ4n) is 2.67. The second-order valence-electron chi connectivity index (χ2n) is 5.15. The van der Waals surface area contributed by atoms with Crippen molar-refractivity contribution in [3.63, 3.8) is 0 Å². The first-order valence-corrected chi connectivity index (χ1v) is 6.72. The van der Waals surface area contributed by atoms with E-state index in [2.05, 4.69) is 15.3 Å². The van der Waals surface area contributed by atoms with Gasteiger partial charge in [-0.15, -0.1) is 5.10 Å². The van der Waals surface area contributed by atoms with Gasteiger partial charge in [-0.05, 0) is 25.0 Å². The van der Waals surface area contributed by atoms with Crippen LogP contribution in [0.15, 0.2) is 24.5 Å². The molecule has 2 aromatic rings. The van der Waals surface area contributed by atoms with E-state index in [0.29, 0.717) is 6.42 Å². The quantitative estimate of drug-likeness (QED) is 0.816. The number of carbonyl (C=O) groups excluding carboxylic acids is 1. The van der Waals surface area contributed by atoms with Crippen molar-refractivity contribution in [2.45, 2.75) is 19.3 Å². The number of amides is 1. The summed E-state index contributed by atoms with van der Waals surface area (Å²) in [6, 6.07) is 3.73. The molecule has 20 heavy (non-hydrogen) atoms. The molecular formula is C14H17N5O. The van der Waals surface area contributed by atoms with Crippen LogP contribution in [0.2, 0.25) is 0 Å². The van der Waals surface area contributed by atoms with Gasteiger partial charge in [0.25, 0.3) is 0 Å². The molecule has 104 valence electrons. The van der Waals surface area contributed by atoms with Gasteiger partial charge in [0.2, 0.25) is 5.91 Å². The maximum atomic E-state index is 12.6. The number of rotatable bonds is 2. The predicted octanol–water partition coefficient (Wildman–Crippen LogP) is 0.978. The van der Waals surface area contributed by atoms with E-state index in [9.17, 15) is 4.79 Å². The van der Waals surface area contributed by atoms with Crippen molar-refractivity contribution in [2.75, 3.05) is 11.9 Å². The third-order valence-corrected chi connectivity index (χ3v) is 3.91. The number of aromatic nitrogens is 4. The number of aryl methyl sites for hydroxylation is 2. The van der Waals surface area contributed by atoms with Crippen molar-refractivity contribution in [1.82, 2.24) is 20.0 Å². The van der Waals surface area contributed by atoms with Gasteiger partial charge in [-0.2, -0.15) is 0 Å². The number of hydrogen-bond acceptors (Lipinski definition) is 4. The first-order chi connectivity index (χ1) is 9.66. The highest BCUT2D eigenvalue weighted by Crippen LogP contribution is 2.26. The zero-order valence-electron chi connectivity index (χ0n) is 11.7. The molecule has 0 fully saturated rings. The maximum Gasteiger partial charge on any atom is 0.230 e. The lowest BCUT2D eigenvalue weighted by atomic mass is 9.88. The van der Waals surface area contributed by atoms with Crippen LogP contribution in [0, 0.1) is 5.92 Å². The van der Waals surface area contributed by atoms with E-state index < -0.39 is 0 Å². The van der Waals surface area contributed by atoms with Gasteiger partial charge in [0.15, 0.2) is 0 Å². The van der Waals surface area contributed by atoms with Crippen LogP contribution in [0.4, 0.5) is 5.69 Å². The van der Waals surface area contributed by atoms with Gasteiger partial charge < -0.3 is 4.90 Å². The lowest BCUT2D eigenvalue weighted by molar-refractivity contribution is -0.122. The van der Waals surface area contributed by atoms with E-state index in [4.69, 9.17) is 0 Å². The van der Waals surface area contributed by atoms with Crippen LogP contribution in [0.1, 0.15) is 17.8 Å². The van der Waals surface area contributed by atoms with E-state index in [1.165, 1.54) is 0 Å². The van der Waals surface area contributed by atoms with Gasteiger partial charge in [-0.3, -0.25) is 14.5 Å². The summed E-state index contributed by atoms with van der Waals surface area (Å²) >= 11 is 0. The van der Waals surface area contributed by atoms with Crippen molar-refractivity contribution < 1.29 is 4.79 Å². The molecule has 1 amide bonds. The van der Waals surface area contributed by atoms with Crippen LogP contribution in [-0.4, -0.2) is 32.9 Å². The molecule has 1 atom stereocenters. The van der Waals surface area contributed by atoms with E-state index in [-0.39, 0.29) is 11.8 Å². The van der Waals surface area contributed by atoms with Gasteiger partial charge >= 0.3 is 0 Å². The minimum atomic E-state index is -0.00935. The number of hydrogen-bond donors (Lipinski definition) is 0. The summed E-state index contributed by atoms with van der Waals surface area (Å²) in [6.07, 6.45) is 5.77. The lowest BCUT2D eigenvalue weighted by Gasteiger charge is -2.26. The maximum absolute atomic E-state index is 12.6. The summed E-state index contributed by atoms with van der Waals surface area (Å²) in [5.74, 6) is 0.120. The fourth-order valence-corrected chi connectivity index (χ4v) is 2.67. The molecule has 0 saturated heterocycles. The lowest BCUT2D eigenvalue weighted by Crippen LogP contribution is -2.36. The Kier molecular flexibility index (Phi) is 3.22. The topological polar surface area (TPSA) is 63.9 Å². The van der Waals surface area contributed by atoms with Crippen LogP contribution in [0.5, 0.6) is 0 Å². The highest BCUT2D eigenvalue weighted by atomic mass is 16.2. The molecule has 1 aliphatic carbocycles. The van der Waals surface area contributed by atoms with Crippen molar-refractivity contribution in [3.8, 4) is 0 Å². The first-order valence-electron chi connectivity index (χ1n) is 6.72. The Morgan fingerprint density at radius 3 is 3.10 bits per heavy atom. The molecule has 0 saturated carbocycles. The van der Waals surface area contributed by atoms with Crippen molar-refractivity contribution in [1.29, 1.82) is 0 Å². The summed E-state index contributed by atoms with van der Waals surface area (Å²) in [6.45, 7) is 0. The molecule has 0 aromatic carbocycles. The van der Waals surface area contributed by atoms with Gasteiger partial charge in [-0.25, -0.2) is 0 Å². The van der Waals surface area contributed by atoms with Crippen molar-refractivity contribution in [2.24, 2.45) is 13.0 Å². The van der Waals surface area contributed by atoms with Crippen LogP contribution in [0.25, 0.3) is 0 Å². The largest absolute Gasteiger partial charge is 0.314 e. The van der Waals surface area contributed by atoms with Crippen LogP contribution < -0.4 is 4.90 Å². The summed E-state index contributed by atoms with van der Waals surface area (Å²) in [4.78, 5) is 18.3. The molecule has 1 aliphatic rings. The first kappa shape index (κ1) is 12.8. The van der Waals surface area contributed by atoms with Gasteiger partial charge in [0.05, 0.1) is 23.3 Å². The van der Waals surface area contributed by atoms with E-state index in [1.807, 2.05) is 19.2 Å². The third kappa shape index (κ3) is 2.17. The average Bonchev–Trinajstić information content (AvgIpc) is 2.87. The number of pyridine rings is 1. The Morgan fingerprint density at radius 2 is 2.35 bits per heavy atom. The number of nitrogens with zero attached hydrogens (tertiary/aromatic N) is 5. The Balaban J connectivity index is 1.78. The average molecular weight is 271 g/mol. The molecule has 2 aromatic heterocycles. The van der Waals surface area contributed by atoms with E-state index in [0.717, 1.165) is 29.9 Å². The molecule has 0 N–H and O–H groups in total. The molecule has 0 bridgehead atoms. The number of carbonyl (C=O) groups is 1. The summed E-state index contributed by atoms with van der Waals surface area (Å²) in [7, 11) is 3.68. The monoisotopic (exact) mass is 271 g/mol. The number of fused-ring (bicyclic) bond motifs is 1. The normalized spacial score (nSPS) is 17.6. The third-order valence-electron chi connectivity index (χ3n) is 3.91. The summed E-state index contributed by atoms with van der Waals surface area (Å²) in [5, 5.41) is 8.16. The minimum absolute atomic E-state index is 0.00935. The zero-order chi connectivity index (χ0) is 14.1. The molecular weight excluding hydrogens is 254 g/mol. The van der Waals surface area contributed by atoms with Crippen LogP contribution in [0.3, 0.4) is 0 Å². The second kappa shape index (κ2) is 5.03. The smallest absolute Gasteiger partial charge is 0.230 e. The predicted molar refractivity (Wildman–Crippen MR) is 74.2 cm³/mol. The molecule has 6 nitrogen and oxygen atoms in total. The summed E-state index contributed by atoms with van der Waals surface area (Å²) in [5.41, 5.74) is 2.93. The van der Waals surface area contributed by atoms with Gasteiger partial charge in [-0.1, -0.05) is 5.21 Å². The SMILES string of the molecule is CN(C(=O)C1CCc2nnn(C)c2C1)c1cccnc1. The molecule has 3 rings (SSSR count). The highest BCUT2D eigenvalue weighted by Gasteiger charge is 2.30. The van der Waals surface area contributed by atoms with Gasteiger partial charge in [0.1, 0.15) is 0 Å². The van der Waals surface area contributed by atoms with Gasteiger partial charge in [0, 0.05) is 32.6 Å². The standard InChI is InChI=1S/C14H17N5O/c1-18(11-4-3-7-15-9-11)14(20)10-5-6-12-13(8-10)19(2)17-16-12/h3-4,7,9-10H,5-6,8H2,1-2H3. The Hall–Kier alpha value is -2.24. The Morgan fingerprint density at radius 1 is 1.50 bits per heavy atom. The minimum Gasteiger partial charge on any atom is -0.314 e. The second-order valence-corrected chi connectivity index (χ2v) is 5.15.